The van der Waals surface area contributed by atoms with Crippen molar-refractivity contribution in [1.82, 2.24) is 10.6 Å². The molecule has 1 saturated carbocycles. The first-order valence-electron chi connectivity index (χ1n) is 6.77. The number of nitrogens with one attached hydrogen (secondary N) is 2. The van der Waals surface area contributed by atoms with Crippen LogP contribution in [0.3, 0.4) is 0 Å². The largest absolute Gasteiger partial charge is 0.335 e. The number of nitriles is 1. The molecule has 0 radical (unpaired) electrons. The van der Waals surface area contributed by atoms with Crippen molar-refractivity contribution in [2.45, 2.75) is 37.1 Å². The number of urea groups is 1. The molecular formula is C15H19N3OS. The van der Waals surface area contributed by atoms with E-state index in [1.54, 1.807) is 12.1 Å². The molecule has 5 heteroatoms. The van der Waals surface area contributed by atoms with Gasteiger partial charge < -0.3 is 10.6 Å². The number of hydrogen-bond donors (Lipinski definition) is 2. The van der Waals surface area contributed by atoms with E-state index in [2.05, 4.69) is 23.0 Å². The number of hydrogen-bond acceptors (Lipinski definition) is 3. The number of carbonyl (C=O) groups excluding carboxylic acids is 1. The van der Waals surface area contributed by atoms with E-state index in [0.29, 0.717) is 17.4 Å². The second-order valence-electron chi connectivity index (χ2n) is 5.01. The highest BCUT2D eigenvalue weighted by molar-refractivity contribution is 7.99. The highest BCUT2D eigenvalue weighted by Gasteiger charge is 2.24. The standard InChI is InChI=1S/C15H19N3OS/c1-20-14-6-5-13(8-14)18-15(19)17-10-12-4-2-3-11(7-12)9-16/h2-4,7,13-14H,5-6,8,10H2,1H3,(H2,17,18,19)/t13-,14+/m1/s1. The molecule has 2 rings (SSSR count). The van der Waals surface area contributed by atoms with Crippen LogP contribution in [-0.2, 0) is 6.54 Å². The summed E-state index contributed by atoms with van der Waals surface area (Å²) in [7, 11) is 0. The second kappa shape index (κ2) is 7.20. The SMILES string of the molecule is CS[C@H]1CC[C@@H](NC(=O)NCc2cccc(C#N)c2)C1. The van der Waals surface area contributed by atoms with Crippen LogP contribution in [0.5, 0.6) is 0 Å². The third kappa shape index (κ3) is 4.17. The first-order chi connectivity index (χ1) is 9.71. The lowest BCUT2D eigenvalue weighted by atomic mass is 10.1. The van der Waals surface area contributed by atoms with Crippen molar-refractivity contribution in [3.63, 3.8) is 0 Å². The lowest BCUT2D eigenvalue weighted by Crippen LogP contribution is -2.40. The van der Waals surface area contributed by atoms with E-state index < -0.39 is 0 Å². The molecular weight excluding hydrogens is 270 g/mol. The molecule has 0 unspecified atom stereocenters. The smallest absolute Gasteiger partial charge is 0.315 e. The molecule has 2 amide bonds. The molecule has 1 aliphatic rings. The quantitative estimate of drug-likeness (QED) is 0.895. The molecule has 1 aliphatic carbocycles. The van der Waals surface area contributed by atoms with Gasteiger partial charge in [0.05, 0.1) is 11.6 Å². The zero-order valence-electron chi connectivity index (χ0n) is 11.6. The van der Waals surface area contributed by atoms with Gasteiger partial charge in [0, 0.05) is 17.8 Å². The second-order valence-corrected chi connectivity index (χ2v) is 6.14. The van der Waals surface area contributed by atoms with Gasteiger partial charge in [-0.05, 0) is 43.2 Å². The van der Waals surface area contributed by atoms with E-state index in [-0.39, 0.29) is 12.1 Å². The molecule has 0 aliphatic heterocycles. The minimum atomic E-state index is -0.126. The molecule has 2 atom stereocenters. The summed E-state index contributed by atoms with van der Waals surface area (Å²) in [6, 6.07) is 9.53. The van der Waals surface area contributed by atoms with Crippen LogP contribution >= 0.6 is 11.8 Å². The molecule has 2 N–H and O–H groups in total. The Kier molecular flexibility index (Phi) is 5.31. The van der Waals surface area contributed by atoms with Crippen LogP contribution in [0.1, 0.15) is 30.4 Å². The molecule has 0 aromatic heterocycles. The summed E-state index contributed by atoms with van der Waals surface area (Å²) < 4.78 is 0. The van der Waals surface area contributed by atoms with Crippen molar-refractivity contribution in [3.05, 3.63) is 35.4 Å². The first-order valence-corrected chi connectivity index (χ1v) is 8.06. The number of carbonyl (C=O) groups is 1. The zero-order chi connectivity index (χ0) is 14.4. The molecule has 0 saturated heterocycles. The van der Waals surface area contributed by atoms with Gasteiger partial charge in [-0.3, -0.25) is 0 Å². The average molecular weight is 289 g/mol. The van der Waals surface area contributed by atoms with E-state index in [4.69, 9.17) is 5.26 Å². The van der Waals surface area contributed by atoms with Crippen molar-refractivity contribution in [2.75, 3.05) is 6.26 Å². The van der Waals surface area contributed by atoms with E-state index in [1.807, 2.05) is 23.9 Å². The highest BCUT2D eigenvalue weighted by Crippen LogP contribution is 2.27. The van der Waals surface area contributed by atoms with Crippen molar-refractivity contribution in [2.24, 2.45) is 0 Å². The summed E-state index contributed by atoms with van der Waals surface area (Å²) in [4.78, 5) is 11.8. The zero-order valence-corrected chi connectivity index (χ0v) is 12.4. The number of rotatable bonds is 4. The maximum absolute atomic E-state index is 11.8. The van der Waals surface area contributed by atoms with Gasteiger partial charge >= 0.3 is 6.03 Å². The molecule has 0 heterocycles. The van der Waals surface area contributed by atoms with E-state index in [9.17, 15) is 4.79 Å². The van der Waals surface area contributed by atoms with Crippen LogP contribution in [0.25, 0.3) is 0 Å². The Balaban J connectivity index is 1.76. The number of amides is 2. The fourth-order valence-corrected chi connectivity index (χ4v) is 3.25. The Morgan fingerprint density at radius 3 is 3.05 bits per heavy atom. The number of nitrogens with zero attached hydrogens (tertiary/aromatic N) is 1. The minimum absolute atomic E-state index is 0.126. The van der Waals surface area contributed by atoms with Gasteiger partial charge in [-0.1, -0.05) is 12.1 Å². The van der Waals surface area contributed by atoms with Crippen LogP contribution in [-0.4, -0.2) is 23.6 Å². The van der Waals surface area contributed by atoms with Gasteiger partial charge in [0.2, 0.25) is 0 Å². The normalized spacial score (nSPS) is 21.2. The van der Waals surface area contributed by atoms with Crippen LogP contribution in [0.4, 0.5) is 4.79 Å². The van der Waals surface area contributed by atoms with Gasteiger partial charge in [0.25, 0.3) is 0 Å². The van der Waals surface area contributed by atoms with Gasteiger partial charge in [-0.2, -0.15) is 17.0 Å². The Bertz CT molecular complexity index is 512. The maximum atomic E-state index is 11.8. The predicted molar refractivity (Wildman–Crippen MR) is 81.5 cm³/mol. The monoisotopic (exact) mass is 289 g/mol. The van der Waals surface area contributed by atoms with E-state index in [0.717, 1.165) is 18.4 Å². The Hall–Kier alpha value is -1.67. The van der Waals surface area contributed by atoms with Crippen LogP contribution in [0.2, 0.25) is 0 Å². The third-order valence-corrected chi connectivity index (χ3v) is 4.66. The van der Waals surface area contributed by atoms with Crippen molar-refractivity contribution in [1.29, 1.82) is 5.26 Å². The third-order valence-electron chi connectivity index (χ3n) is 3.56. The van der Waals surface area contributed by atoms with E-state index >= 15 is 0 Å². The topological polar surface area (TPSA) is 64.9 Å². The molecule has 0 bridgehead atoms. The lowest BCUT2D eigenvalue weighted by Gasteiger charge is -2.13. The molecule has 4 nitrogen and oxygen atoms in total. The molecule has 0 spiro atoms. The Labute approximate surface area is 123 Å². The Morgan fingerprint density at radius 2 is 2.35 bits per heavy atom. The summed E-state index contributed by atoms with van der Waals surface area (Å²) in [5, 5.41) is 15.4. The first kappa shape index (κ1) is 14.7. The number of benzene rings is 1. The average Bonchev–Trinajstić information content (AvgIpc) is 2.93. The number of thioether (sulfide) groups is 1. The highest BCUT2D eigenvalue weighted by atomic mass is 32.2. The molecule has 1 aromatic carbocycles. The van der Waals surface area contributed by atoms with E-state index in [1.165, 1.54) is 6.42 Å². The Morgan fingerprint density at radius 1 is 1.50 bits per heavy atom. The van der Waals surface area contributed by atoms with Crippen LogP contribution in [0, 0.1) is 11.3 Å². The summed E-state index contributed by atoms with van der Waals surface area (Å²) in [5.74, 6) is 0. The fourth-order valence-electron chi connectivity index (χ4n) is 2.45. The van der Waals surface area contributed by atoms with Crippen LogP contribution < -0.4 is 10.6 Å². The van der Waals surface area contributed by atoms with Crippen molar-refractivity contribution in [3.8, 4) is 6.07 Å². The van der Waals surface area contributed by atoms with Gasteiger partial charge in [-0.25, -0.2) is 4.79 Å². The summed E-state index contributed by atoms with van der Waals surface area (Å²) in [6.07, 6.45) is 5.41. The summed E-state index contributed by atoms with van der Waals surface area (Å²) >= 11 is 1.88. The van der Waals surface area contributed by atoms with Gasteiger partial charge in [0.1, 0.15) is 0 Å². The summed E-state index contributed by atoms with van der Waals surface area (Å²) in [6.45, 7) is 0.444. The fraction of sp³-hybridized carbons (Fsp3) is 0.467. The minimum Gasteiger partial charge on any atom is -0.335 e. The molecule has 1 fully saturated rings. The molecule has 20 heavy (non-hydrogen) atoms. The van der Waals surface area contributed by atoms with Gasteiger partial charge in [0.15, 0.2) is 0 Å². The lowest BCUT2D eigenvalue weighted by molar-refractivity contribution is 0.236. The van der Waals surface area contributed by atoms with Crippen molar-refractivity contribution < 1.29 is 4.79 Å². The maximum Gasteiger partial charge on any atom is 0.315 e. The molecule has 1 aromatic rings. The van der Waals surface area contributed by atoms with Crippen LogP contribution in [0.15, 0.2) is 24.3 Å². The molecule has 106 valence electrons. The van der Waals surface area contributed by atoms with Gasteiger partial charge in [-0.15, -0.1) is 0 Å². The van der Waals surface area contributed by atoms with Crippen molar-refractivity contribution >= 4 is 17.8 Å². The summed E-state index contributed by atoms with van der Waals surface area (Å²) in [5.41, 5.74) is 1.55. The predicted octanol–water partition coefficient (Wildman–Crippen LogP) is 2.64.